The molecule has 2 heterocycles. The van der Waals surface area contributed by atoms with Gasteiger partial charge in [-0.05, 0) is 31.0 Å². The molecule has 2 atom stereocenters. The molecule has 0 spiro atoms. The average molecular weight is 452 g/mol. The third-order valence-electron chi connectivity index (χ3n) is 5.82. The molecule has 0 saturated heterocycles. The van der Waals surface area contributed by atoms with Crippen LogP contribution in [0.3, 0.4) is 0 Å². The van der Waals surface area contributed by atoms with Crippen LogP contribution in [0.4, 0.5) is 4.39 Å². The zero-order valence-corrected chi connectivity index (χ0v) is 17.8. The molecular weight excluding hydrogens is 431 g/mol. The number of carboxylic acids is 1. The molecule has 1 aromatic heterocycles. The van der Waals surface area contributed by atoms with Crippen molar-refractivity contribution in [2.24, 2.45) is 0 Å². The second-order valence-corrected chi connectivity index (χ2v) is 7.90. The Morgan fingerprint density at radius 1 is 1.21 bits per heavy atom. The first kappa shape index (κ1) is 21.0. The monoisotopic (exact) mass is 452 g/mol. The maximum Gasteiger partial charge on any atom is 0.316 e. The molecule has 0 saturated carbocycles. The quantitative estimate of drug-likeness (QED) is 0.562. The molecule has 3 aromatic rings. The standard InChI is InChI=1S/C24H21FN2O6/c1-30-24-26-10-15(11-27-24)33-19-7-5-18(25)23-17(19)4-6-20(23)32-14-2-3-16-13(8-22(28)29)12-31-21(16)9-14/h2-3,5,7,9-11,13,20H,4,6,8,12H2,1H3,(H,28,29). The van der Waals surface area contributed by atoms with Gasteiger partial charge in [0.2, 0.25) is 0 Å². The van der Waals surface area contributed by atoms with E-state index in [1.54, 1.807) is 18.2 Å². The summed E-state index contributed by atoms with van der Waals surface area (Å²) in [5.41, 5.74) is 2.06. The van der Waals surface area contributed by atoms with Crippen molar-refractivity contribution in [2.45, 2.75) is 31.3 Å². The average Bonchev–Trinajstić information content (AvgIpc) is 3.41. The molecule has 33 heavy (non-hydrogen) atoms. The van der Waals surface area contributed by atoms with Crippen LogP contribution in [-0.4, -0.2) is 34.8 Å². The molecule has 0 radical (unpaired) electrons. The van der Waals surface area contributed by atoms with E-state index in [2.05, 4.69) is 9.97 Å². The molecule has 0 amide bonds. The Bertz CT molecular complexity index is 1200. The van der Waals surface area contributed by atoms with Crippen molar-refractivity contribution in [2.75, 3.05) is 13.7 Å². The van der Waals surface area contributed by atoms with Crippen molar-refractivity contribution in [3.8, 4) is 29.0 Å². The summed E-state index contributed by atoms with van der Waals surface area (Å²) in [7, 11) is 1.48. The highest BCUT2D eigenvalue weighted by Crippen LogP contribution is 2.44. The molecule has 8 nitrogen and oxygen atoms in total. The fraction of sp³-hybridized carbons (Fsp3) is 0.292. The molecule has 0 fully saturated rings. The molecule has 170 valence electrons. The van der Waals surface area contributed by atoms with E-state index >= 15 is 0 Å². The first-order valence-electron chi connectivity index (χ1n) is 10.5. The largest absolute Gasteiger partial charge is 0.492 e. The Morgan fingerprint density at radius 3 is 2.79 bits per heavy atom. The number of hydrogen-bond acceptors (Lipinski definition) is 7. The number of hydrogen-bond donors (Lipinski definition) is 1. The predicted octanol–water partition coefficient (Wildman–Crippen LogP) is 4.43. The van der Waals surface area contributed by atoms with Gasteiger partial charge in [0.05, 0.1) is 32.5 Å². The second-order valence-electron chi connectivity index (χ2n) is 7.90. The topological polar surface area (TPSA) is 100 Å². The van der Waals surface area contributed by atoms with Crippen molar-refractivity contribution in [1.29, 1.82) is 0 Å². The van der Waals surface area contributed by atoms with Gasteiger partial charge in [0.15, 0.2) is 5.75 Å². The van der Waals surface area contributed by atoms with Crippen molar-refractivity contribution in [3.05, 3.63) is 65.2 Å². The molecule has 0 bridgehead atoms. The minimum atomic E-state index is -0.867. The molecule has 1 N–H and O–H groups in total. The Morgan fingerprint density at radius 2 is 2.03 bits per heavy atom. The number of carbonyl (C=O) groups is 1. The Hall–Kier alpha value is -3.88. The highest BCUT2D eigenvalue weighted by molar-refractivity contribution is 5.68. The van der Waals surface area contributed by atoms with Crippen LogP contribution in [0, 0.1) is 5.82 Å². The summed E-state index contributed by atoms with van der Waals surface area (Å²) < 4.78 is 37.4. The van der Waals surface area contributed by atoms with Crippen molar-refractivity contribution in [3.63, 3.8) is 0 Å². The predicted molar refractivity (Wildman–Crippen MR) is 114 cm³/mol. The SMILES string of the molecule is COc1ncc(Oc2ccc(F)c3c2CCC3Oc2ccc3c(c2)OCC3CC(=O)O)cn1. The van der Waals surface area contributed by atoms with Crippen LogP contribution >= 0.6 is 0 Å². The molecular formula is C24H21FN2O6. The van der Waals surface area contributed by atoms with Gasteiger partial charge >= 0.3 is 12.0 Å². The number of nitrogens with zero attached hydrogens (tertiary/aromatic N) is 2. The van der Waals surface area contributed by atoms with Gasteiger partial charge in [-0.3, -0.25) is 4.79 Å². The van der Waals surface area contributed by atoms with Gasteiger partial charge in [0, 0.05) is 28.7 Å². The van der Waals surface area contributed by atoms with E-state index < -0.39 is 12.1 Å². The van der Waals surface area contributed by atoms with Gasteiger partial charge in [0.1, 0.15) is 29.2 Å². The fourth-order valence-electron chi connectivity index (χ4n) is 4.32. The van der Waals surface area contributed by atoms with Crippen LogP contribution in [0.2, 0.25) is 0 Å². The molecule has 5 rings (SSSR count). The van der Waals surface area contributed by atoms with Gasteiger partial charge in [-0.2, -0.15) is 9.97 Å². The first-order valence-corrected chi connectivity index (χ1v) is 10.5. The number of halogens is 1. The lowest BCUT2D eigenvalue weighted by Crippen LogP contribution is -2.07. The Kier molecular flexibility index (Phi) is 5.45. The van der Waals surface area contributed by atoms with Crippen LogP contribution in [0.15, 0.2) is 42.7 Å². The number of carboxylic acid groups (broad SMARTS) is 1. The van der Waals surface area contributed by atoms with Gasteiger partial charge in [-0.25, -0.2) is 4.39 Å². The van der Waals surface area contributed by atoms with Gasteiger partial charge in [-0.1, -0.05) is 6.07 Å². The number of aromatic nitrogens is 2. The van der Waals surface area contributed by atoms with Crippen LogP contribution in [0.1, 0.15) is 41.6 Å². The summed E-state index contributed by atoms with van der Waals surface area (Å²) in [5.74, 6) is 0.684. The zero-order valence-electron chi connectivity index (χ0n) is 17.8. The number of benzene rings is 2. The van der Waals surface area contributed by atoms with Gasteiger partial charge in [0.25, 0.3) is 0 Å². The number of ether oxygens (including phenoxy) is 4. The number of methoxy groups -OCH3 is 1. The summed E-state index contributed by atoms with van der Waals surface area (Å²) >= 11 is 0. The third kappa shape index (κ3) is 4.13. The first-order chi connectivity index (χ1) is 16.0. The maximum atomic E-state index is 14.8. The molecule has 1 aliphatic heterocycles. The summed E-state index contributed by atoms with van der Waals surface area (Å²) in [5, 5.41) is 9.06. The zero-order chi connectivity index (χ0) is 22.9. The summed E-state index contributed by atoms with van der Waals surface area (Å²) in [6.45, 7) is 0.321. The Balaban J connectivity index is 1.36. The van der Waals surface area contributed by atoms with E-state index in [0.29, 0.717) is 48.0 Å². The summed E-state index contributed by atoms with van der Waals surface area (Å²) in [6.07, 6.45) is 3.69. The minimum Gasteiger partial charge on any atom is -0.492 e. The summed E-state index contributed by atoms with van der Waals surface area (Å²) in [6, 6.07) is 8.51. The number of aliphatic carboxylic acids is 1. The van der Waals surface area contributed by atoms with Gasteiger partial charge < -0.3 is 24.1 Å². The molecule has 2 unspecified atom stereocenters. The lowest BCUT2D eigenvalue weighted by Gasteiger charge is -2.17. The highest BCUT2D eigenvalue weighted by atomic mass is 19.1. The van der Waals surface area contributed by atoms with E-state index in [-0.39, 0.29) is 24.2 Å². The molecule has 1 aliphatic carbocycles. The lowest BCUT2D eigenvalue weighted by atomic mass is 9.98. The fourth-order valence-corrected chi connectivity index (χ4v) is 4.32. The smallest absolute Gasteiger partial charge is 0.316 e. The summed E-state index contributed by atoms with van der Waals surface area (Å²) in [4.78, 5) is 19.1. The maximum absolute atomic E-state index is 14.8. The van der Waals surface area contributed by atoms with Crippen LogP contribution in [-0.2, 0) is 11.2 Å². The normalized spacial score (nSPS) is 18.2. The third-order valence-corrected chi connectivity index (χ3v) is 5.82. The number of rotatable bonds is 7. The Labute approximate surface area is 188 Å². The number of fused-ring (bicyclic) bond motifs is 2. The van der Waals surface area contributed by atoms with Crippen molar-refractivity contribution >= 4 is 5.97 Å². The van der Waals surface area contributed by atoms with E-state index in [1.165, 1.54) is 25.6 Å². The highest BCUT2D eigenvalue weighted by Gasteiger charge is 2.32. The van der Waals surface area contributed by atoms with E-state index in [4.69, 9.17) is 24.1 Å². The molecule has 2 aromatic carbocycles. The van der Waals surface area contributed by atoms with Crippen molar-refractivity contribution in [1.82, 2.24) is 9.97 Å². The lowest BCUT2D eigenvalue weighted by molar-refractivity contribution is -0.137. The van der Waals surface area contributed by atoms with E-state index in [9.17, 15) is 9.18 Å². The van der Waals surface area contributed by atoms with Gasteiger partial charge in [-0.15, -0.1) is 0 Å². The van der Waals surface area contributed by atoms with E-state index in [1.807, 2.05) is 6.07 Å². The van der Waals surface area contributed by atoms with E-state index in [0.717, 1.165) is 11.1 Å². The second kappa shape index (κ2) is 8.57. The van der Waals surface area contributed by atoms with Crippen LogP contribution in [0.25, 0.3) is 0 Å². The van der Waals surface area contributed by atoms with Crippen molar-refractivity contribution < 1.29 is 33.2 Å². The van der Waals surface area contributed by atoms with Crippen LogP contribution < -0.4 is 18.9 Å². The molecule has 2 aliphatic rings. The molecule has 9 heteroatoms. The van der Waals surface area contributed by atoms with Crippen LogP contribution in [0.5, 0.6) is 29.0 Å². The minimum absolute atomic E-state index is 0.0103.